The molecule has 146 valence electrons. The fourth-order valence-corrected chi connectivity index (χ4v) is 3.72. The van der Waals surface area contributed by atoms with E-state index in [1.165, 1.54) is 0 Å². The molecule has 1 fully saturated rings. The summed E-state index contributed by atoms with van der Waals surface area (Å²) in [5.41, 5.74) is 3.23. The highest BCUT2D eigenvalue weighted by Gasteiger charge is 2.38. The van der Waals surface area contributed by atoms with Crippen molar-refractivity contribution in [3.63, 3.8) is 0 Å². The van der Waals surface area contributed by atoms with Gasteiger partial charge in [-0.15, -0.1) is 0 Å². The number of rotatable bonds is 5. The monoisotopic (exact) mass is 385 g/mol. The Morgan fingerprint density at radius 1 is 0.897 bits per heavy atom. The van der Waals surface area contributed by atoms with Crippen LogP contribution in [-0.4, -0.2) is 23.3 Å². The highest BCUT2D eigenvalue weighted by molar-refractivity contribution is 5.88. The van der Waals surface area contributed by atoms with E-state index in [-0.39, 0.29) is 24.3 Å². The van der Waals surface area contributed by atoms with Gasteiger partial charge in [-0.2, -0.15) is 0 Å². The molecule has 4 heteroatoms. The van der Waals surface area contributed by atoms with E-state index in [0.29, 0.717) is 12.3 Å². The number of hydrogen-bond acceptors (Lipinski definition) is 3. The van der Waals surface area contributed by atoms with Crippen molar-refractivity contribution in [2.24, 2.45) is 5.92 Å². The molecule has 3 aromatic carbocycles. The highest BCUT2D eigenvalue weighted by Crippen LogP contribution is 2.30. The fraction of sp³-hybridized carbons (Fsp3) is 0.200. The van der Waals surface area contributed by atoms with E-state index >= 15 is 0 Å². The van der Waals surface area contributed by atoms with Crippen LogP contribution in [0.25, 0.3) is 11.1 Å². The van der Waals surface area contributed by atoms with E-state index in [9.17, 15) is 9.59 Å². The molecule has 1 heterocycles. The molecule has 1 amide bonds. The van der Waals surface area contributed by atoms with Gasteiger partial charge >= 0.3 is 5.97 Å². The van der Waals surface area contributed by atoms with E-state index in [0.717, 1.165) is 16.7 Å². The minimum Gasteiger partial charge on any atom is -0.426 e. The van der Waals surface area contributed by atoms with Crippen LogP contribution in [-0.2, 0) is 9.59 Å². The SMILES string of the molecule is C[C@H](c1ccccc1)N1C[C@H](C(=O)Oc2ccc(-c3ccccc3)cc2)CC1=O. The van der Waals surface area contributed by atoms with Gasteiger partial charge in [-0.3, -0.25) is 9.59 Å². The first-order chi connectivity index (χ1) is 14.1. The molecule has 0 aliphatic carbocycles. The summed E-state index contributed by atoms with van der Waals surface area (Å²) < 4.78 is 5.55. The minimum atomic E-state index is -0.442. The molecule has 1 aliphatic heterocycles. The van der Waals surface area contributed by atoms with Crippen LogP contribution in [0.15, 0.2) is 84.9 Å². The lowest BCUT2D eigenvalue weighted by atomic mass is 10.1. The quantitative estimate of drug-likeness (QED) is 0.465. The van der Waals surface area contributed by atoms with Gasteiger partial charge in [0.25, 0.3) is 0 Å². The third kappa shape index (κ3) is 4.21. The Hall–Kier alpha value is -3.40. The zero-order valence-corrected chi connectivity index (χ0v) is 16.3. The summed E-state index contributed by atoms with van der Waals surface area (Å²) in [4.78, 5) is 26.9. The number of hydrogen-bond donors (Lipinski definition) is 0. The predicted molar refractivity (Wildman–Crippen MR) is 112 cm³/mol. The molecule has 0 aromatic heterocycles. The predicted octanol–water partition coefficient (Wildman–Crippen LogP) is 4.87. The average Bonchev–Trinajstić information content (AvgIpc) is 3.17. The Balaban J connectivity index is 1.40. The first-order valence-electron chi connectivity index (χ1n) is 9.83. The Morgan fingerprint density at radius 3 is 2.14 bits per heavy atom. The van der Waals surface area contributed by atoms with Gasteiger partial charge in [-0.1, -0.05) is 72.8 Å². The normalized spacial score (nSPS) is 17.2. The Bertz CT molecular complexity index is 984. The fourth-order valence-electron chi connectivity index (χ4n) is 3.72. The standard InChI is InChI=1S/C25H23NO3/c1-18(19-8-4-2-5-9-19)26-17-22(16-24(26)27)25(28)29-23-14-12-21(13-15-23)20-10-6-3-7-11-20/h2-15,18,22H,16-17H2,1H3/t18-,22-/m1/s1. The number of carbonyl (C=O) groups is 2. The Labute approximate surface area is 170 Å². The molecule has 0 spiro atoms. The minimum absolute atomic E-state index is 0.0114. The molecule has 0 bridgehead atoms. The molecule has 0 unspecified atom stereocenters. The summed E-state index contributed by atoms with van der Waals surface area (Å²) in [5, 5.41) is 0. The van der Waals surface area contributed by atoms with Gasteiger partial charge in [0.1, 0.15) is 5.75 Å². The van der Waals surface area contributed by atoms with Crippen LogP contribution < -0.4 is 4.74 Å². The summed E-state index contributed by atoms with van der Waals surface area (Å²) >= 11 is 0. The van der Waals surface area contributed by atoms with Gasteiger partial charge in [0, 0.05) is 13.0 Å². The van der Waals surface area contributed by atoms with Crippen LogP contribution in [0, 0.1) is 5.92 Å². The van der Waals surface area contributed by atoms with E-state index in [2.05, 4.69) is 0 Å². The van der Waals surface area contributed by atoms with E-state index in [1.54, 1.807) is 17.0 Å². The molecule has 0 saturated carbocycles. The zero-order chi connectivity index (χ0) is 20.2. The van der Waals surface area contributed by atoms with Crippen LogP contribution in [0.5, 0.6) is 5.75 Å². The van der Waals surface area contributed by atoms with Gasteiger partial charge in [0.05, 0.1) is 12.0 Å². The molecular formula is C25H23NO3. The van der Waals surface area contributed by atoms with Crippen molar-refractivity contribution < 1.29 is 14.3 Å². The summed E-state index contributed by atoms with van der Waals surface area (Å²) in [5.74, 6) is -0.310. The second-order valence-electron chi connectivity index (χ2n) is 7.35. The largest absolute Gasteiger partial charge is 0.426 e. The van der Waals surface area contributed by atoms with Gasteiger partial charge < -0.3 is 9.64 Å². The van der Waals surface area contributed by atoms with Crippen molar-refractivity contribution in [3.8, 4) is 16.9 Å². The van der Waals surface area contributed by atoms with Crippen molar-refractivity contribution >= 4 is 11.9 Å². The van der Waals surface area contributed by atoms with Crippen molar-refractivity contribution in [2.45, 2.75) is 19.4 Å². The van der Waals surface area contributed by atoms with Gasteiger partial charge in [0.2, 0.25) is 5.91 Å². The molecule has 1 saturated heterocycles. The van der Waals surface area contributed by atoms with Gasteiger partial charge in [0.15, 0.2) is 0 Å². The maximum absolute atomic E-state index is 12.6. The lowest BCUT2D eigenvalue weighted by molar-refractivity contribution is -0.139. The lowest BCUT2D eigenvalue weighted by Gasteiger charge is -2.25. The van der Waals surface area contributed by atoms with E-state index in [4.69, 9.17) is 4.74 Å². The molecule has 4 rings (SSSR count). The first kappa shape index (κ1) is 18.9. The number of benzene rings is 3. The molecule has 1 aliphatic rings. The van der Waals surface area contributed by atoms with Crippen LogP contribution in [0.2, 0.25) is 0 Å². The van der Waals surface area contributed by atoms with E-state index < -0.39 is 5.92 Å². The molecule has 4 nitrogen and oxygen atoms in total. The molecule has 0 N–H and O–H groups in total. The number of nitrogens with zero attached hydrogens (tertiary/aromatic N) is 1. The number of ether oxygens (including phenoxy) is 1. The van der Waals surface area contributed by atoms with E-state index in [1.807, 2.05) is 79.7 Å². The summed E-state index contributed by atoms with van der Waals surface area (Å²) in [6, 6.07) is 27.3. The highest BCUT2D eigenvalue weighted by atomic mass is 16.5. The zero-order valence-electron chi connectivity index (χ0n) is 16.3. The maximum Gasteiger partial charge on any atom is 0.316 e. The smallest absolute Gasteiger partial charge is 0.316 e. The summed E-state index contributed by atoms with van der Waals surface area (Å²) in [7, 11) is 0. The van der Waals surface area contributed by atoms with Gasteiger partial charge in [-0.25, -0.2) is 0 Å². The molecule has 29 heavy (non-hydrogen) atoms. The van der Waals surface area contributed by atoms with Crippen LogP contribution in [0.3, 0.4) is 0 Å². The Morgan fingerprint density at radius 2 is 1.48 bits per heavy atom. The lowest BCUT2D eigenvalue weighted by Crippen LogP contribution is -2.30. The van der Waals surface area contributed by atoms with Gasteiger partial charge in [-0.05, 0) is 35.7 Å². The van der Waals surface area contributed by atoms with Crippen LogP contribution in [0.4, 0.5) is 0 Å². The first-order valence-corrected chi connectivity index (χ1v) is 9.83. The van der Waals surface area contributed by atoms with Crippen molar-refractivity contribution in [1.82, 2.24) is 4.90 Å². The Kier molecular flexibility index (Phi) is 5.43. The second-order valence-corrected chi connectivity index (χ2v) is 7.35. The third-order valence-electron chi connectivity index (χ3n) is 5.42. The molecule has 3 aromatic rings. The number of likely N-dealkylation sites (tertiary alicyclic amines) is 1. The summed E-state index contributed by atoms with van der Waals surface area (Å²) in [6.07, 6.45) is 0.193. The van der Waals surface area contributed by atoms with Crippen LogP contribution >= 0.6 is 0 Å². The molecule has 0 radical (unpaired) electrons. The number of amides is 1. The van der Waals surface area contributed by atoms with Crippen LogP contribution in [0.1, 0.15) is 24.9 Å². The van der Waals surface area contributed by atoms with Crippen molar-refractivity contribution in [2.75, 3.05) is 6.54 Å². The average molecular weight is 385 g/mol. The number of esters is 1. The molecular weight excluding hydrogens is 362 g/mol. The number of carbonyl (C=O) groups excluding carboxylic acids is 2. The third-order valence-corrected chi connectivity index (χ3v) is 5.42. The second kappa shape index (κ2) is 8.31. The van der Waals surface area contributed by atoms with Crippen molar-refractivity contribution in [3.05, 3.63) is 90.5 Å². The maximum atomic E-state index is 12.6. The summed E-state index contributed by atoms with van der Waals surface area (Å²) in [6.45, 7) is 2.37. The van der Waals surface area contributed by atoms with Crippen molar-refractivity contribution in [1.29, 1.82) is 0 Å². The molecule has 2 atom stereocenters. The topological polar surface area (TPSA) is 46.6 Å².